The Morgan fingerprint density at radius 1 is 1.11 bits per heavy atom. The Hall–Kier alpha value is -3.21. The number of hydrogen-bond donors (Lipinski definition) is 1. The van der Waals surface area contributed by atoms with Crippen LogP contribution in [-0.4, -0.2) is 29.0 Å². The van der Waals surface area contributed by atoms with Gasteiger partial charge in [0.25, 0.3) is 5.91 Å². The van der Waals surface area contributed by atoms with Gasteiger partial charge in [-0.25, -0.2) is 9.78 Å². The minimum atomic E-state index is -0.845. The van der Waals surface area contributed by atoms with Gasteiger partial charge in [0.05, 0.1) is 16.8 Å². The van der Waals surface area contributed by atoms with E-state index in [1.54, 1.807) is 13.0 Å². The molecule has 1 aliphatic carbocycles. The first-order valence-corrected chi connectivity index (χ1v) is 9.49. The van der Waals surface area contributed by atoms with Crippen molar-refractivity contribution in [2.75, 3.05) is 0 Å². The van der Waals surface area contributed by atoms with E-state index in [4.69, 9.17) is 9.72 Å². The zero-order valence-electron chi connectivity index (χ0n) is 15.9. The van der Waals surface area contributed by atoms with Crippen LogP contribution >= 0.6 is 0 Å². The molecule has 1 heterocycles. The molecule has 0 radical (unpaired) electrons. The quantitative estimate of drug-likeness (QED) is 0.685. The maximum Gasteiger partial charge on any atom is 0.339 e. The summed E-state index contributed by atoms with van der Waals surface area (Å²) >= 11 is 0. The van der Waals surface area contributed by atoms with Gasteiger partial charge in [-0.15, -0.1) is 0 Å². The summed E-state index contributed by atoms with van der Waals surface area (Å²) < 4.78 is 5.47. The standard InChI is InChI=1S/C23H22N2O3/c1-14-7-9-16(10-8-14)21-13-19(18-5-3-4-6-20(18)25-21)23(27)28-15(2)22(26)24-17-11-12-17/h3-10,13,15,17H,11-12H2,1-2H3,(H,24,26)/t15-/m0/s1. The Morgan fingerprint density at radius 3 is 2.54 bits per heavy atom. The van der Waals surface area contributed by atoms with E-state index in [0.29, 0.717) is 22.2 Å². The second-order valence-corrected chi connectivity index (χ2v) is 7.27. The zero-order chi connectivity index (χ0) is 19.7. The van der Waals surface area contributed by atoms with Crippen molar-refractivity contribution in [1.82, 2.24) is 10.3 Å². The fraction of sp³-hybridized carbons (Fsp3) is 0.261. The molecule has 28 heavy (non-hydrogen) atoms. The van der Waals surface area contributed by atoms with E-state index < -0.39 is 12.1 Å². The Morgan fingerprint density at radius 2 is 1.82 bits per heavy atom. The van der Waals surface area contributed by atoms with E-state index in [0.717, 1.165) is 24.0 Å². The Labute approximate surface area is 163 Å². The van der Waals surface area contributed by atoms with Crippen LogP contribution < -0.4 is 5.32 Å². The predicted octanol–water partition coefficient (Wildman–Crippen LogP) is 4.03. The highest BCUT2D eigenvalue weighted by Gasteiger charge is 2.28. The molecule has 0 bridgehead atoms. The van der Waals surface area contributed by atoms with Crippen LogP contribution in [0.2, 0.25) is 0 Å². The number of esters is 1. The highest BCUT2D eigenvalue weighted by molar-refractivity contribution is 6.05. The van der Waals surface area contributed by atoms with Crippen LogP contribution in [0.1, 0.15) is 35.7 Å². The van der Waals surface area contributed by atoms with Crippen molar-refractivity contribution in [3.63, 3.8) is 0 Å². The first kappa shape index (κ1) is 18.2. The minimum absolute atomic E-state index is 0.226. The van der Waals surface area contributed by atoms with Gasteiger partial charge in [-0.05, 0) is 38.8 Å². The summed E-state index contributed by atoms with van der Waals surface area (Å²) in [6.45, 7) is 3.62. The van der Waals surface area contributed by atoms with E-state index in [1.165, 1.54) is 0 Å². The van der Waals surface area contributed by atoms with Crippen molar-refractivity contribution in [3.05, 3.63) is 65.7 Å². The SMILES string of the molecule is Cc1ccc(-c2cc(C(=O)O[C@@H](C)C(=O)NC3CC3)c3ccccc3n2)cc1. The number of nitrogens with one attached hydrogen (secondary N) is 1. The van der Waals surface area contributed by atoms with Crippen LogP contribution in [-0.2, 0) is 9.53 Å². The normalized spacial score (nSPS) is 14.5. The highest BCUT2D eigenvalue weighted by atomic mass is 16.5. The maximum absolute atomic E-state index is 12.9. The third kappa shape index (κ3) is 3.88. The van der Waals surface area contributed by atoms with E-state index in [2.05, 4.69) is 5.32 Å². The molecule has 5 nitrogen and oxygen atoms in total. The molecule has 1 aromatic heterocycles. The fourth-order valence-electron chi connectivity index (χ4n) is 3.04. The monoisotopic (exact) mass is 374 g/mol. The average molecular weight is 374 g/mol. The summed E-state index contributed by atoms with van der Waals surface area (Å²) in [6.07, 6.45) is 1.13. The molecule has 4 rings (SSSR count). The topological polar surface area (TPSA) is 68.3 Å². The predicted molar refractivity (Wildman–Crippen MR) is 108 cm³/mol. The molecule has 1 aliphatic rings. The van der Waals surface area contributed by atoms with Gasteiger partial charge in [0.2, 0.25) is 0 Å². The largest absolute Gasteiger partial charge is 0.449 e. The number of carbonyl (C=O) groups excluding carboxylic acids is 2. The summed E-state index contributed by atoms with van der Waals surface area (Å²) in [6, 6.07) is 17.4. The Kier molecular flexibility index (Phi) is 4.82. The fourth-order valence-corrected chi connectivity index (χ4v) is 3.04. The molecule has 2 aromatic carbocycles. The smallest absolute Gasteiger partial charge is 0.339 e. The molecule has 1 saturated carbocycles. The molecule has 0 aliphatic heterocycles. The summed E-state index contributed by atoms with van der Waals surface area (Å²) in [7, 11) is 0. The molecule has 142 valence electrons. The molecule has 0 saturated heterocycles. The third-order valence-corrected chi connectivity index (χ3v) is 4.86. The van der Waals surface area contributed by atoms with Gasteiger partial charge in [-0.1, -0.05) is 48.0 Å². The summed E-state index contributed by atoms with van der Waals surface area (Å²) in [5, 5.41) is 3.57. The number of fused-ring (bicyclic) bond motifs is 1. The van der Waals surface area contributed by atoms with E-state index >= 15 is 0 Å². The van der Waals surface area contributed by atoms with Gasteiger partial charge in [0.15, 0.2) is 6.10 Å². The second kappa shape index (κ2) is 7.43. The molecule has 1 atom stereocenters. The summed E-state index contributed by atoms with van der Waals surface area (Å²) in [5.74, 6) is -0.779. The van der Waals surface area contributed by atoms with E-state index in [-0.39, 0.29) is 11.9 Å². The lowest BCUT2D eigenvalue weighted by Crippen LogP contribution is -2.37. The molecule has 5 heteroatoms. The van der Waals surface area contributed by atoms with Crippen LogP contribution in [0, 0.1) is 6.92 Å². The number of ether oxygens (including phenoxy) is 1. The molecule has 1 N–H and O–H groups in total. The number of rotatable bonds is 5. The van der Waals surface area contributed by atoms with Gasteiger partial charge >= 0.3 is 5.97 Å². The lowest BCUT2D eigenvalue weighted by atomic mass is 10.0. The molecule has 1 fully saturated rings. The van der Waals surface area contributed by atoms with Gasteiger partial charge in [0.1, 0.15) is 0 Å². The number of aryl methyl sites for hydroxylation is 1. The lowest BCUT2D eigenvalue weighted by Gasteiger charge is -2.15. The van der Waals surface area contributed by atoms with Crippen LogP contribution in [0.25, 0.3) is 22.2 Å². The van der Waals surface area contributed by atoms with Crippen LogP contribution in [0.5, 0.6) is 0 Å². The summed E-state index contributed by atoms with van der Waals surface area (Å²) in [5.41, 5.74) is 3.89. The number of benzene rings is 2. The number of amides is 1. The average Bonchev–Trinajstić information content (AvgIpc) is 3.51. The van der Waals surface area contributed by atoms with Crippen molar-refractivity contribution in [2.45, 2.75) is 38.8 Å². The number of carbonyl (C=O) groups is 2. The van der Waals surface area contributed by atoms with Gasteiger partial charge in [-0.3, -0.25) is 4.79 Å². The summed E-state index contributed by atoms with van der Waals surface area (Å²) in [4.78, 5) is 29.7. The lowest BCUT2D eigenvalue weighted by molar-refractivity contribution is -0.129. The third-order valence-electron chi connectivity index (χ3n) is 4.86. The number of aromatic nitrogens is 1. The number of para-hydroxylation sites is 1. The van der Waals surface area contributed by atoms with Crippen molar-refractivity contribution in [2.24, 2.45) is 0 Å². The second-order valence-electron chi connectivity index (χ2n) is 7.27. The van der Waals surface area contributed by atoms with Crippen LogP contribution in [0.4, 0.5) is 0 Å². The zero-order valence-corrected chi connectivity index (χ0v) is 15.9. The van der Waals surface area contributed by atoms with Crippen molar-refractivity contribution >= 4 is 22.8 Å². The molecule has 3 aromatic rings. The van der Waals surface area contributed by atoms with Crippen LogP contribution in [0.3, 0.4) is 0 Å². The molecule has 1 amide bonds. The molecular weight excluding hydrogens is 352 g/mol. The molecule has 0 spiro atoms. The highest BCUT2D eigenvalue weighted by Crippen LogP contribution is 2.26. The molecular formula is C23H22N2O3. The maximum atomic E-state index is 12.9. The number of pyridine rings is 1. The number of hydrogen-bond acceptors (Lipinski definition) is 4. The Bertz CT molecular complexity index is 1040. The van der Waals surface area contributed by atoms with E-state index in [1.807, 2.05) is 55.5 Å². The van der Waals surface area contributed by atoms with E-state index in [9.17, 15) is 9.59 Å². The van der Waals surface area contributed by atoms with Gasteiger partial charge in [-0.2, -0.15) is 0 Å². The first-order valence-electron chi connectivity index (χ1n) is 9.49. The van der Waals surface area contributed by atoms with Gasteiger partial charge in [0, 0.05) is 17.0 Å². The van der Waals surface area contributed by atoms with Crippen molar-refractivity contribution in [1.29, 1.82) is 0 Å². The Balaban J connectivity index is 1.67. The van der Waals surface area contributed by atoms with Crippen LogP contribution in [0.15, 0.2) is 54.6 Å². The van der Waals surface area contributed by atoms with Crippen molar-refractivity contribution in [3.8, 4) is 11.3 Å². The van der Waals surface area contributed by atoms with Gasteiger partial charge < -0.3 is 10.1 Å². The first-order chi connectivity index (χ1) is 13.5. The van der Waals surface area contributed by atoms with Crippen molar-refractivity contribution < 1.29 is 14.3 Å². The number of nitrogens with zero attached hydrogens (tertiary/aromatic N) is 1. The molecule has 0 unspecified atom stereocenters. The minimum Gasteiger partial charge on any atom is -0.449 e.